The number of allylic oxidation sites excluding steroid dienone is 1. The number of hydrogen-bond donors (Lipinski definition) is 0. The first-order chi connectivity index (χ1) is 11.0. The summed E-state index contributed by atoms with van der Waals surface area (Å²) in [5, 5.41) is 0.924. The van der Waals surface area contributed by atoms with Crippen LogP contribution in [0.2, 0.25) is 10.0 Å². The number of halogens is 2. The molecule has 5 heteroatoms. The fourth-order valence-corrected chi connectivity index (χ4v) is 2.97. The van der Waals surface area contributed by atoms with Crippen LogP contribution >= 0.6 is 23.2 Å². The zero-order chi connectivity index (χ0) is 16.6. The van der Waals surface area contributed by atoms with E-state index in [4.69, 9.17) is 32.7 Å². The minimum Gasteiger partial charge on any atom is -0.493 e. The average Bonchev–Trinajstić information content (AvgIpc) is 2.84. The highest BCUT2D eigenvalue weighted by atomic mass is 35.5. The fourth-order valence-electron chi connectivity index (χ4n) is 2.46. The first kappa shape index (κ1) is 15.9. The van der Waals surface area contributed by atoms with Crippen molar-refractivity contribution in [3.05, 3.63) is 62.8 Å². The first-order valence-corrected chi connectivity index (χ1v) is 7.93. The Morgan fingerprint density at radius 2 is 1.87 bits per heavy atom. The van der Waals surface area contributed by atoms with Gasteiger partial charge in [0.1, 0.15) is 11.5 Å². The van der Waals surface area contributed by atoms with Gasteiger partial charge in [-0.25, -0.2) is 0 Å². The van der Waals surface area contributed by atoms with Crippen LogP contribution < -0.4 is 9.47 Å². The highest BCUT2D eigenvalue weighted by molar-refractivity contribution is 6.37. The molecule has 1 aliphatic rings. The summed E-state index contributed by atoms with van der Waals surface area (Å²) in [5.41, 5.74) is 1.88. The summed E-state index contributed by atoms with van der Waals surface area (Å²) in [6.45, 7) is 4.32. The van der Waals surface area contributed by atoms with E-state index in [9.17, 15) is 4.79 Å². The lowest BCUT2D eigenvalue weighted by Gasteiger charge is -2.09. The number of fused-ring (bicyclic) bond motifs is 1. The van der Waals surface area contributed by atoms with Gasteiger partial charge in [-0.1, -0.05) is 29.3 Å². The Morgan fingerprint density at radius 3 is 2.52 bits per heavy atom. The van der Waals surface area contributed by atoms with Crippen LogP contribution in [0.1, 0.15) is 28.4 Å². The molecule has 2 aromatic carbocycles. The number of hydrogen-bond acceptors (Lipinski definition) is 3. The Bertz CT molecular complexity index is 805. The number of Topliss-reactive ketones (excluding diaryl/α,β-unsaturated/α-hetero) is 1. The Kier molecular flexibility index (Phi) is 4.33. The topological polar surface area (TPSA) is 35.5 Å². The predicted molar refractivity (Wildman–Crippen MR) is 91.7 cm³/mol. The lowest BCUT2D eigenvalue weighted by atomic mass is 10.1. The summed E-state index contributed by atoms with van der Waals surface area (Å²) in [7, 11) is 0. The molecule has 0 atom stereocenters. The maximum absolute atomic E-state index is 12.5. The fraction of sp³-hybridized carbons (Fsp3) is 0.167. The van der Waals surface area contributed by atoms with E-state index in [-0.39, 0.29) is 11.5 Å². The number of ether oxygens (including phenoxy) is 2. The predicted octanol–water partition coefficient (Wildman–Crippen LogP) is 5.32. The van der Waals surface area contributed by atoms with Crippen LogP contribution in [0.4, 0.5) is 0 Å². The Balaban J connectivity index is 2.04. The zero-order valence-electron chi connectivity index (χ0n) is 12.7. The second-order valence-electron chi connectivity index (χ2n) is 5.07. The number of rotatable bonds is 3. The van der Waals surface area contributed by atoms with Gasteiger partial charge in [-0.15, -0.1) is 0 Å². The molecule has 1 heterocycles. The molecular weight excluding hydrogens is 335 g/mol. The van der Waals surface area contributed by atoms with Crippen molar-refractivity contribution in [1.29, 1.82) is 0 Å². The largest absolute Gasteiger partial charge is 0.493 e. The summed E-state index contributed by atoms with van der Waals surface area (Å²) >= 11 is 12.3. The van der Waals surface area contributed by atoms with Gasteiger partial charge in [-0.05, 0) is 44.2 Å². The molecule has 0 bridgehead atoms. The second kappa shape index (κ2) is 6.26. The van der Waals surface area contributed by atoms with E-state index in [2.05, 4.69) is 0 Å². The SMILES string of the molecule is CCOc1ccc2c(c1C)O/C(=C\c1c(Cl)cccc1Cl)C2=O. The molecule has 23 heavy (non-hydrogen) atoms. The van der Waals surface area contributed by atoms with E-state index in [1.54, 1.807) is 36.4 Å². The monoisotopic (exact) mass is 348 g/mol. The van der Waals surface area contributed by atoms with Crippen LogP contribution in [0, 0.1) is 6.92 Å². The molecule has 0 spiro atoms. The summed E-state index contributed by atoms with van der Waals surface area (Å²) in [6, 6.07) is 8.67. The lowest BCUT2D eigenvalue weighted by molar-refractivity contribution is 0.101. The van der Waals surface area contributed by atoms with Crippen molar-refractivity contribution in [1.82, 2.24) is 0 Å². The van der Waals surface area contributed by atoms with Gasteiger partial charge in [-0.2, -0.15) is 0 Å². The van der Waals surface area contributed by atoms with Crippen molar-refractivity contribution in [2.75, 3.05) is 6.61 Å². The van der Waals surface area contributed by atoms with Crippen LogP contribution in [-0.2, 0) is 0 Å². The van der Waals surface area contributed by atoms with E-state index in [0.717, 1.165) is 5.56 Å². The Morgan fingerprint density at radius 1 is 1.17 bits per heavy atom. The van der Waals surface area contributed by atoms with Gasteiger partial charge in [0, 0.05) is 21.2 Å². The molecule has 3 rings (SSSR count). The van der Waals surface area contributed by atoms with Gasteiger partial charge in [0.05, 0.1) is 12.2 Å². The summed E-state index contributed by atoms with van der Waals surface area (Å²) in [5.74, 6) is 1.24. The van der Waals surface area contributed by atoms with Gasteiger partial charge < -0.3 is 9.47 Å². The summed E-state index contributed by atoms with van der Waals surface area (Å²) < 4.78 is 11.3. The highest BCUT2D eigenvalue weighted by Crippen LogP contribution is 2.40. The first-order valence-electron chi connectivity index (χ1n) is 7.17. The van der Waals surface area contributed by atoms with Crippen molar-refractivity contribution >= 4 is 35.1 Å². The minimum absolute atomic E-state index is 0.192. The van der Waals surface area contributed by atoms with Gasteiger partial charge in [0.25, 0.3) is 0 Å². The number of carbonyl (C=O) groups excluding carboxylic acids is 1. The molecule has 0 aliphatic carbocycles. The highest BCUT2D eigenvalue weighted by Gasteiger charge is 2.30. The van der Waals surface area contributed by atoms with E-state index in [1.165, 1.54) is 0 Å². The van der Waals surface area contributed by atoms with Crippen molar-refractivity contribution in [3.63, 3.8) is 0 Å². The third-order valence-electron chi connectivity index (χ3n) is 3.61. The molecule has 0 aromatic heterocycles. The second-order valence-corrected chi connectivity index (χ2v) is 5.89. The Labute approximate surface area is 144 Å². The quantitative estimate of drug-likeness (QED) is 0.704. The number of benzene rings is 2. The summed E-state index contributed by atoms with van der Waals surface area (Å²) in [4.78, 5) is 12.5. The standard InChI is InChI=1S/C18H14Cl2O3/c1-3-22-15-8-7-11-17(21)16(23-18(11)10(15)2)9-12-13(19)5-4-6-14(12)20/h4-9H,3H2,1-2H3/b16-9-. The average molecular weight is 349 g/mol. The van der Waals surface area contributed by atoms with Crippen molar-refractivity contribution < 1.29 is 14.3 Å². The van der Waals surface area contributed by atoms with E-state index in [0.29, 0.717) is 39.3 Å². The maximum atomic E-state index is 12.5. The van der Waals surface area contributed by atoms with E-state index < -0.39 is 0 Å². The summed E-state index contributed by atoms with van der Waals surface area (Å²) in [6.07, 6.45) is 1.58. The maximum Gasteiger partial charge on any atom is 0.231 e. The third-order valence-corrected chi connectivity index (χ3v) is 4.27. The number of ketones is 1. The molecule has 2 aromatic rings. The van der Waals surface area contributed by atoms with Gasteiger partial charge in [0.2, 0.25) is 5.78 Å². The van der Waals surface area contributed by atoms with E-state index >= 15 is 0 Å². The van der Waals surface area contributed by atoms with Crippen LogP contribution in [0.25, 0.3) is 6.08 Å². The smallest absolute Gasteiger partial charge is 0.231 e. The van der Waals surface area contributed by atoms with Gasteiger partial charge >= 0.3 is 0 Å². The molecule has 0 saturated carbocycles. The molecule has 0 amide bonds. The molecular formula is C18H14Cl2O3. The van der Waals surface area contributed by atoms with Crippen LogP contribution in [0.5, 0.6) is 11.5 Å². The number of carbonyl (C=O) groups is 1. The molecule has 0 radical (unpaired) electrons. The van der Waals surface area contributed by atoms with Crippen LogP contribution in [0.15, 0.2) is 36.1 Å². The van der Waals surface area contributed by atoms with Crippen LogP contribution in [-0.4, -0.2) is 12.4 Å². The molecule has 118 valence electrons. The third kappa shape index (κ3) is 2.82. The van der Waals surface area contributed by atoms with Crippen LogP contribution in [0.3, 0.4) is 0 Å². The van der Waals surface area contributed by atoms with Crippen molar-refractivity contribution in [3.8, 4) is 11.5 Å². The molecule has 0 fully saturated rings. The minimum atomic E-state index is -0.192. The molecule has 0 saturated heterocycles. The van der Waals surface area contributed by atoms with Crippen molar-refractivity contribution in [2.45, 2.75) is 13.8 Å². The molecule has 0 N–H and O–H groups in total. The molecule has 0 unspecified atom stereocenters. The normalized spacial score (nSPS) is 14.8. The van der Waals surface area contributed by atoms with Crippen molar-refractivity contribution in [2.24, 2.45) is 0 Å². The van der Waals surface area contributed by atoms with Gasteiger partial charge in [-0.3, -0.25) is 4.79 Å². The molecule has 3 nitrogen and oxygen atoms in total. The molecule has 1 aliphatic heterocycles. The van der Waals surface area contributed by atoms with Gasteiger partial charge in [0.15, 0.2) is 5.76 Å². The zero-order valence-corrected chi connectivity index (χ0v) is 14.2. The lowest BCUT2D eigenvalue weighted by Crippen LogP contribution is -1.98. The van der Waals surface area contributed by atoms with E-state index in [1.807, 2.05) is 13.8 Å². The Hall–Kier alpha value is -1.97.